The second kappa shape index (κ2) is 9.77. The molecule has 0 bridgehead atoms. The fourth-order valence-electron chi connectivity index (χ4n) is 4.40. The molecule has 1 saturated heterocycles. The number of fused-ring (bicyclic) bond motifs is 1. The Hall–Kier alpha value is -4.15. The normalized spacial score (nSPS) is 16.1. The van der Waals surface area contributed by atoms with E-state index in [1.54, 1.807) is 18.3 Å². The number of carbonyl (C=O) groups is 1. The molecule has 5 rings (SSSR count). The van der Waals surface area contributed by atoms with Crippen LogP contribution in [-0.2, 0) is 4.79 Å². The third-order valence-corrected chi connectivity index (χ3v) is 6.00. The molecule has 169 valence electrons. The molecule has 1 fully saturated rings. The van der Waals surface area contributed by atoms with Gasteiger partial charge in [0.05, 0.1) is 17.8 Å². The fourth-order valence-corrected chi connectivity index (χ4v) is 4.40. The molecule has 0 saturated carbocycles. The number of aromatic nitrogens is 3. The van der Waals surface area contributed by atoms with E-state index in [2.05, 4.69) is 43.6 Å². The minimum Gasteiger partial charge on any atom is -0.360 e. The van der Waals surface area contributed by atoms with Crippen LogP contribution in [0, 0.1) is 18.4 Å². The number of hydrogen-bond acceptors (Lipinski definition) is 5. The maximum Gasteiger partial charge on any atom is 0.238 e. The van der Waals surface area contributed by atoms with Crippen molar-refractivity contribution in [1.82, 2.24) is 19.9 Å². The van der Waals surface area contributed by atoms with Crippen LogP contribution in [0.2, 0.25) is 0 Å². The molecule has 1 aliphatic heterocycles. The molecule has 0 spiro atoms. The van der Waals surface area contributed by atoms with Gasteiger partial charge in [0.15, 0.2) is 0 Å². The van der Waals surface area contributed by atoms with E-state index in [9.17, 15) is 4.79 Å². The van der Waals surface area contributed by atoms with Gasteiger partial charge in [-0.25, -0.2) is 9.97 Å². The number of aromatic amines is 1. The average molecular weight is 450 g/mol. The summed E-state index contributed by atoms with van der Waals surface area (Å²) in [5.74, 6) is 3.22. The molecule has 3 heterocycles. The zero-order valence-corrected chi connectivity index (χ0v) is 18.7. The maximum absolute atomic E-state index is 12.5. The van der Waals surface area contributed by atoms with Crippen LogP contribution in [0.3, 0.4) is 0 Å². The van der Waals surface area contributed by atoms with E-state index in [1.807, 2.05) is 36.5 Å². The monoisotopic (exact) mass is 449 g/mol. The Morgan fingerprint density at radius 3 is 2.97 bits per heavy atom. The van der Waals surface area contributed by atoms with Crippen LogP contribution in [0.4, 0.5) is 11.6 Å². The molecule has 3 N–H and O–H groups in total. The van der Waals surface area contributed by atoms with Crippen molar-refractivity contribution in [2.75, 3.05) is 30.3 Å². The SMILES string of the molecule is C#Cc1cnc(N[C@@H]2CCCN(CC(=O)Nc3cc[c]cc3)C2)nc1-c1c[nH]c2ccccc12. The number of piperidine rings is 1. The van der Waals surface area contributed by atoms with Gasteiger partial charge >= 0.3 is 0 Å². The first-order chi connectivity index (χ1) is 16.7. The Morgan fingerprint density at radius 1 is 1.26 bits per heavy atom. The molecular weight excluding hydrogens is 424 g/mol. The van der Waals surface area contributed by atoms with Gasteiger partial charge < -0.3 is 15.6 Å². The molecule has 0 unspecified atom stereocenters. The lowest BCUT2D eigenvalue weighted by Crippen LogP contribution is -2.45. The number of nitrogens with one attached hydrogen (secondary N) is 3. The predicted octanol–water partition coefficient (Wildman–Crippen LogP) is 3.92. The molecule has 1 aliphatic rings. The van der Waals surface area contributed by atoms with Crippen LogP contribution in [0.5, 0.6) is 0 Å². The molecule has 7 nitrogen and oxygen atoms in total. The number of carbonyl (C=O) groups excluding carboxylic acids is 1. The molecule has 1 amide bonds. The molecule has 0 aliphatic carbocycles. The van der Waals surface area contributed by atoms with Crippen molar-refractivity contribution >= 4 is 28.4 Å². The highest BCUT2D eigenvalue weighted by atomic mass is 16.2. The number of rotatable bonds is 6. The Bertz CT molecular complexity index is 1340. The lowest BCUT2D eigenvalue weighted by molar-refractivity contribution is -0.117. The number of benzene rings is 2. The summed E-state index contributed by atoms with van der Waals surface area (Å²) in [7, 11) is 0. The number of anilines is 2. The zero-order chi connectivity index (χ0) is 23.3. The molecule has 1 atom stereocenters. The minimum absolute atomic E-state index is 0.0249. The standard InChI is InChI=1S/C27H25N6O/c1-2-19-15-29-27(32-26(19)23-16-28-24-13-7-6-12-22(23)24)31-21-11-8-14-33(17-21)18-25(34)30-20-9-4-3-5-10-20/h1,4-7,9-10,12-13,15-16,21,28H,8,11,14,17-18H2,(H,30,34)(H,29,31,32)/t21-/m1/s1. The number of nitrogens with zero attached hydrogens (tertiary/aromatic N) is 3. The average Bonchev–Trinajstić information content (AvgIpc) is 3.29. The van der Waals surface area contributed by atoms with E-state index >= 15 is 0 Å². The third-order valence-electron chi connectivity index (χ3n) is 6.00. The Labute approximate surface area is 198 Å². The number of hydrogen-bond donors (Lipinski definition) is 3. The van der Waals surface area contributed by atoms with Gasteiger partial charge in [-0.05, 0) is 43.7 Å². The predicted molar refractivity (Wildman–Crippen MR) is 134 cm³/mol. The molecule has 34 heavy (non-hydrogen) atoms. The van der Waals surface area contributed by atoms with E-state index < -0.39 is 0 Å². The van der Waals surface area contributed by atoms with Gasteiger partial charge in [0.2, 0.25) is 11.9 Å². The summed E-state index contributed by atoms with van der Waals surface area (Å²) in [5, 5.41) is 7.46. The lowest BCUT2D eigenvalue weighted by Gasteiger charge is -2.32. The summed E-state index contributed by atoms with van der Waals surface area (Å²) < 4.78 is 0. The largest absolute Gasteiger partial charge is 0.360 e. The highest BCUT2D eigenvalue weighted by Crippen LogP contribution is 2.30. The minimum atomic E-state index is -0.0249. The topological polar surface area (TPSA) is 85.9 Å². The van der Waals surface area contributed by atoms with E-state index in [4.69, 9.17) is 11.4 Å². The van der Waals surface area contributed by atoms with Crippen molar-refractivity contribution in [3.05, 3.63) is 72.6 Å². The van der Waals surface area contributed by atoms with Crippen LogP contribution < -0.4 is 10.6 Å². The highest BCUT2D eigenvalue weighted by Gasteiger charge is 2.23. The number of H-pyrrole nitrogens is 1. The molecule has 1 radical (unpaired) electrons. The van der Waals surface area contributed by atoms with Crippen LogP contribution in [0.15, 0.2) is 60.9 Å². The lowest BCUT2D eigenvalue weighted by atomic mass is 10.1. The second-order valence-corrected chi connectivity index (χ2v) is 8.40. The maximum atomic E-state index is 12.5. The first-order valence-corrected chi connectivity index (χ1v) is 11.3. The number of amides is 1. The van der Waals surface area contributed by atoms with E-state index in [-0.39, 0.29) is 11.9 Å². The Morgan fingerprint density at radius 2 is 2.12 bits per heavy atom. The van der Waals surface area contributed by atoms with Crippen molar-refractivity contribution in [3.63, 3.8) is 0 Å². The van der Waals surface area contributed by atoms with Crippen LogP contribution >= 0.6 is 0 Å². The van der Waals surface area contributed by atoms with Crippen molar-refractivity contribution in [2.45, 2.75) is 18.9 Å². The zero-order valence-electron chi connectivity index (χ0n) is 18.7. The Balaban J connectivity index is 1.28. The highest BCUT2D eigenvalue weighted by molar-refractivity contribution is 5.96. The van der Waals surface area contributed by atoms with Gasteiger partial charge in [-0.1, -0.05) is 36.3 Å². The van der Waals surface area contributed by atoms with E-state index in [1.165, 1.54) is 0 Å². The van der Waals surface area contributed by atoms with Gasteiger partial charge in [0, 0.05) is 47.1 Å². The van der Waals surface area contributed by atoms with Gasteiger partial charge in [-0.15, -0.1) is 6.42 Å². The first kappa shape index (κ1) is 21.7. The first-order valence-electron chi connectivity index (χ1n) is 11.3. The summed E-state index contributed by atoms with van der Waals surface area (Å²) in [6.45, 7) is 1.96. The van der Waals surface area contributed by atoms with Gasteiger partial charge in [-0.2, -0.15) is 0 Å². The number of terminal acetylenes is 1. The smallest absolute Gasteiger partial charge is 0.238 e. The van der Waals surface area contributed by atoms with E-state index in [0.717, 1.165) is 53.8 Å². The summed E-state index contributed by atoms with van der Waals surface area (Å²) in [5.41, 5.74) is 4.14. The molecular formula is C27H25N6O. The van der Waals surface area contributed by atoms with Gasteiger partial charge in [-0.3, -0.25) is 9.69 Å². The van der Waals surface area contributed by atoms with Crippen LogP contribution in [0.25, 0.3) is 22.2 Å². The van der Waals surface area contributed by atoms with Crippen molar-refractivity contribution in [1.29, 1.82) is 0 Å². The summed E-state index contributed by atoms with van der Waals surface area (Å²) in [6.07, 6.45) is 11.3. The molecule has 7 heteroatoms. The van der Waals surface area contributed by atoms with Gasteiger partial charge in [0.25, 0.3) is 0 Å². The summed E-state index contributed by atoms with van der Waals surface area (Å²) in [4.78, 5) is 27.2. The fraction of sp³-hybridized carbons (Fsp3) is 0.222. The van der Waals surface area contributed by atoms with Gasteiger partial charge in [0.1, 0.15) is 0 Å². The number of likely N-dealkylation sites (tertiary alicyclic amines) is 1. The molecule has 4 aromatic rings. The second-order valence-electron chi connectivity index (χ2n) is 8.40. The van der Waals surface area contributed by atoms with Crippen molar-refractivity contribution in [3.8, 4) is 23.6 Å². The van der Waals surface area contributed by atoms with Crippen molar-refractivity contribution < 1.29 is 4.79 Å². The molecule has 2 aromatic heterocycles. The van der Waals surface area contributed by atoms with Crippen LogP contribution in [-0.4, -0.2) is 51.4 Å². The van der Waals surface area contributed by atoms with Crippen LogP contribution in [0.1, 0.15) is 18.4 Å². The number of para-hydroxylation sites is 1. The summed E-state index contributed by atoms with van der Waals surface area (Å²) in [6, 6.07) is 18.4. The molecule has 2 aromatic carbocycles. The quantitative estimate of drug-likeness (QED) is 0.389. The summed E-state index contributed by atoms with van der Waals surface area (Å²) >= 11 is 0. The third kappa shape index (κ3) is 4.77. The Kier molecular flexibility index (Phi) is 6.23. The van der Waals surface area contributed by atoms with E-state index in [0.29, 0.717) is 18.1 Å². The van der Waals surface area contributed by atoms with Crippen molar-refractivity contribution in [2.24, 2.45) is 0 Å².